The van der Waals surface area contributed by atoms with Crippen LogP contribution in [-0.2, 0) is 24.4 Å². The Morgan fingerprint density at radius 2 is 1.97 bits per heavy atom. The number of ether oxygens (including phenoxy) is 1. The quantitative estimate of drug-likeness (QED) is 0.478. The number of allylic oxidation sites excluding steroid dienone is 1. The Labute approximate surface area is 190 Å². The van der Waals surface area contributed by atoms with Gasteiger partial charge >= 0.3 is 0 Å². The van der Waals surface area contributed by atoms with E-state index in [4.69, 9.17) is 21.2 Å². The Hall–Kier alpha value is -3.11. The number of hydrogen-bond acceptors (Lipinski definition) is 6. The minimum absolute atomic E-state index is 0.126. The molecule has 0 saturated carbocycles. The number of rotatable bonds is 7. The summed E-state index contributed by atoms with van der Waals surface area (Å²) in [6, 6.07) is 10.3. The number of nitrogens with one attached hydrogen (secondary N) is 1. The minimum Gasteiger partial charge on any atom is -0.491 e. The fraction of sp³-hybridized carbons (Fsp3) is 0.238. The monoisotopic (exact) mass is 481 g/mol. The van der Waals surface area contributed by atoms with Gasteiger partial charge in [0, 0.05) is 18.3 Å². The van der Waals surface area contributed by atoms with Gasteiger partial charge in [0.05, 0.1) is 16.5 Å². The smallest absolute Gasteiger partial charge is 0.265 e. The van der Waals surface area contributed by atoms with Crippen molar-refractivity contribution in [2.75, 3.05) is 25.6 Å². The maximum absolute atomic E-state index is 13.2. The fourth-order valence-corrected chi connectivity index (χ4v) is 4.72. The van der Waals surface area contributed by atoms with Gasteiger partial charge in [-0.25, -0.2) is 12.8 Å². The minimum atomic E-state index is -3.82. The Morgan fingerprint density at radius 3 is 2.66 bits per heavy atom. The van der Waals surface area contributed by atoms with Crippen LogP contribution in [0.2, 0.25) is 5.02 Å². The molecule has 0 unspecified atom stereocenters. The zero-order valence-corrected chi connectivity index (χ0v) is 19.1. The molecule has 0 spiro atoms. The number of fused-ring (bicyclic) bond motifs is 1. The van der Waals surface area contributed by atoms with Crippen molar-refractivity contribution < 1.29 is 27.2 Å². The van der Waals surface area contributed by atoms with E-state index in [2.05, 4.69) is 10.5 Å². The van der Waals surface area contributed by atoms with Gasteiger partial charge in [-0.05, 0) is 44.2 Å². The number of nitrogens with zero attached hydrogens (tertiary/aromatic N) is 2. The largest absolute Gasteiger partial charge is 0.491 e. The highest BCUT2D eigenvalue weighted by Crippen LogP contribution is 2.37. The second-order valence-corrected chi connectivity index (χ2v) is 9.05. The van der Waals surface area contributed by atoms with E-state index >= 15 is 0 Å². The predicted octanol–water partition coefficient (Wildman–Crippen LogP) is 3.85. The lowest BCUT2D eigenvalue weighted by molar-refractivity contribution is -0.120. The first kappa shape index (κ1) is 23.6. The number of carbonyl (C=O) groups excluding carboxylic acids is 1. The molecule has 2 aromatic carbocycles. The van der Waals surface area contributed by atoms with Crippen molar-refractivity contribution in [2.24, 2.45) is 5.16 Å². The molecule has 3 rings (SSSR count). The van der Waals surface area contributed by atoms with Crippen LogP contribution in [0.5, 0.6) is 0 Å². The third-order valence-corrected chi connectivity index (χ3v) is 6.64. The van der Waals surface area contributed by atoms with Gasteiger partial charge in [-0.1, -0.05) is 28.9 Å². The van der Waals surface area contributed by atoms with E-state index in [1.165, 1.54) is 25.2 Å². The average Bonchev–Trinajstić information content (AvgIpc) is 2.75. The lowest BCUT2D eigenvalue weighted by atomic mass is 10.1. The summed E-state index contributed by atoms with van der Waals surface area (Å²) in [5.74, 6) is -0.818. The fourth-order valence-electron chi connectivity index (χ4n) is 3.10. The third-order valence-electron chi connectivity index (χ3n) is 4.53. The molecule has 32 heavy (non-hydrogen) atoms. The third kappa shape index (κ3) is 4.71. The summed E-state index contributed by atoms with van der Waals surface area (Å²) in [6.07, 6.45) is 0. The van der Waals surface area contributed by atoms with Crippen molar-refractivity contribution in [3.63, 3.8) is 0 Å². The van der Waals surface area contributed by atoms with E-state index < -0.39 is 28.4 Å². The van der Waals surface area contributed by atoms with Crippen molar-refractivity contribution in [1.29, 1.82) is 0 Å². The highest BCUT2D eigenvalue weighted by molar-refractivity contribution is 7.89. The van der Waals surface area contributed by atoms with E-state index in [9.17, 15) is 17.6 Å². The molecule has 1 heterocycles. The summed E-state index contributed by atoms with van der Waals surface area (Å²) in [6.45, 7) is 3.17. The van der Waals surface area contributed by atoms with Crippen LogP contribution in [-0.4, -0.2) is 44.6 Å². The number of benzene rings is 2. The normalized spacial score (nSPS) is 15.3. The van der Waals surface area contributed by atoms with Crippen molar-refractivity contribution in [3.05, 3.63) is 64.6 Å². The van der Waals surface area contributed by atoms with Crippen molar-refractivity contribution in [2.45, 2.75) is 18.7 Å². The van der Waals surface area contributed by atoms with E-state index in [0.29, 0.717) is 23.6 Å². The highest BCUT2D eigenvalue weighted by Gasteiger charge is 2.36. The second-order valence-electron chi connectivity index (χ2n) is 6.71. The number of sulfonamides is 1. The second kappa shape index (κ2) is 9.58. The van der Waals surface area contributed by atoms with Crippen molar-refractivity contribution >= 4 is 44.7 Å². The first-order valence-electron chi connectivity index (χ1n) is 9.54. The molecule has 0 aromatic heterocycles. The number of oxime groups is 1. The molecule has 0 radical (unpaired) electrons. The molecular weight excluding hydrogens is 461 g/mol. The van der Waals surface area contributed by atoms with Gasteiger partial charge in [-0.2, -0.15) is 0 Å². The summed E-state index contributed by atoms with van der Waals surface area (Å²) in [5.41, 5.74) is 1.12. The number of amides is 1. The molecule has 1 aliphatic rings. The first-order valence-corrected chi connectivity index (χ1v) is 11.4. The molecule has 170 valence electrons. The van der Waals surface area contributed by atoms with Crippen LogP contribution >= 0.6 is 11.6 Å². The van der Waals surface area contributed by atoms with Crippen LogP contribution < -0.4 is 5.32 Å². The van der Waals surface area contributed by atoms with Gasteiger partial charge in [0.15, 0.2) is 12.4 Å². The number of halogens is 2. The lowest BCUT2D eigenvalue weighted by Crippen LogP contribution is -2.35. The van der Waals surface area contributed by atoms with Crippen molar-refractivity contribution in [3.8, 4) is 0 Å². The SMILES string of the molecule is CCOC1=C(/C(C)=N/OCC(=O)Nc2ccc(F)c(Cl)c2)N(C)S(=O)(=O)c2ccccc21. The molecule has 8 nitrogen and oxygen atoms in total. The standard InChI is InChI=1S/C21H21ClFN3O5S/c1-4-30-21-15-7-5-6-8-18(15)32(28,29)26(3)20(21)13(2)25-31-12-19(27)24-14-9-10-17(23)16(22)11-14/h5-11H,4,12H2,1-3H3,(H,24,27)/b25-13+. The molecule has 1 N–H and O–H groups in total. The number of carbonyl (C=O) groups is 1. The zero-order valence-electron chi connectivity index (χ0n) is 17.6. The molecule has 0 aliphatic carbocycles. The molecule has 0 fully saturated rings. The average molecular weight is 482 g/mol. The van der Waals surface area contributed by atoms with Gasteiger partial charge in [0.2, 0.25) is 0 Å². The number of anilines is 1. The molecule has 0 bridgehead atoms. The maximum atomic E-state index is 13.2. The van der Waals surface area contributed by atoms with E-state index in [0.717, 1.165) is 10.4 Å². The van der Waals surface area contributed by atoms with Gasteiger partial charge in [-0.3, -0.25) is 9.10 Å². The van der Waals surface area contributed by atoms with E-state index in [1.807, 2.05) is 0 Å². The summed E-state index contributed by atoms with van der Waals surface area (Å²) >= 11 is 5.69. The summed E-state index contributed by atoms with van der Waals surface area (Å²) in [5, 5.41) is 6.28. The molecular formula is C21H21ClFN3O5S. The zero-order chi connectivity index (χ0) is 23.5. The van der Waals surface area contributed by atoms with Crippen molar-refractivity contribution in [1.82, 2.24) is 4.31 Å². The highest BCUT2D eigenvalue weighted by atomic mass is 35.5. The van der Waals surface area contributed by atoms with E-state index in [1.54, 1.807) is 32.0 Å². The molecule has 0 saturated heterocycles. The maximum Gasteiger partial charge on any atom is 0.265 e. The lowest BCUT2D eigenvalue weighted by Gasteiger charge is -2.30. The van der Waals surface area contributed by atoms with Gasteiger partial charge in [0.1, 0.15) is 17.2 Å². The topological polar surface area (TPSA) is 97.3 Å². The summed E-state index contributed by atoms with van der Waals surface area (Å²) in [7, 11) is -2.43. The van der Waals surface area contributed by atoms with Gasteiger partial charge < -0.3 is 14.9 Å². The Morgan fingerprint density at radius 1 is 1.25 bits per heavy atom. The Balaban J connectivity index is 1.82. The van der Waals surface area contributed by atoms with Crippen LogP contribution in [0.1, 0.15) is 19.4 Å². The number of hydrogen-bond donors (Lipinski definition) is 1. The molecule has 1 aliphatic heterocycles. The molecule has 1 amide bonds. The van der Waals surface area contributed by atoms with Gasteiger partial charge in [0.25, 0.3) is 15.9 Å². The molecule has 2 aromatic rings. The Bertz CT molecular complexity index is 1210. The molecule has 11 heteroatoms. The summed E-state index contributed by atoms with van der Waals surface area (Å²) in [4.78, 5) is 17.3. The predicted molar refractivity (Wildman–Crippen MR) is 119 cm³/mol. The van der Waals surface area contributed by atoms with Crippen LogP contribution in [0.4, 0.5) is 10.1 Å². The van der Waals surface area contributed by atoms with E-state index in [-0.39, 0.29) is 21.3 Å². The first-order chi connectivity index (χ1) is 15.2. The van der Waals surface area contributed by atoms with Crippen LogP contribution in [0, 0.1) is 5.82 Å². The van der Waals surface area contributed by atoms with Crippen LogP contribution in [0.15, 0.2) is 58.2 Å². The summed E-state index contributed by atoms with van der Waals surface area (Å²) < 4.78 is 45.9. The Kier molecular flexibility index (Phi) is 7.05. The van der Waals surface area contributed by atoms with Crippen LogP contribution in [0.25, 0.3) is 5.76 Å². The molecule has 0 atom stereocenters. The van der Waals surface area contributed by atoms with Gasteiger partial charge in [-0.15, -0.1) is 0 Å². The van der Waals surface area contributed by atoms with Crippen LogP contribution in [0.3, 0.4) is 0 Å².